The Bertz CT molecular complexity index is 649. The summed E-state index contributed by atoms with van der Waals surface area (Å²) in [5, 5.41) is 4.04. The van der Waals surface area contributed by atoms with Crippen molar-refractivity contribution in [1.82, 2.24) is 15.0 Å². The molecule has 5 nitrogen and oxygen atoms in total. The third kappa shape index (κ3) is 2.55. The molecule has 0 N–H and O–H groups in total. The van der Waals surface area contributed by atoms with Gasteiger partial charge < -0.3 is 9.42 Å². The molecule has 1 aromatic carbocycles. The Morgan fingerprint density at radius 1 is 1.19 bits per heavy atom. The second-order valence-corrected chi connectivity index (χ2v) is 5.93. The SMILES string of the molecule is O=C1C[C@H](c2nc(C3CC3)no2)CN1Cc1ccccc1. The molecule has 2 aliphatic rings. The van der Waals surface area contributed by atoms with Gasteiger partial charge in [-0.2, -0.15) is 4.98 Å². The van der Waals surface area contributed by atoms with Gasteiger partial charge in [0, 0.05) is 25.4 Å². The number of likely N-dealkylation sites (tertiary alicyclic amines) is 1. The Balaban J connectivity index is 1.45. The first-order chi connectivity index (χ1) is 10.3. The van der Waals surface area contributed by atoms with Crippen LogP contribution in [0.5, 0.6) is 0 Å². The van der Waals surface area contributed by atoms with E-state index in [0.717, 1.165) is 24.2 Å². The van der Waals surface area contributed by atoms with Crippen LogP contribution in [0.4, 0.5) is 0 Å². The van der Waals surface area contributed by atoms with Crippen molar-refractivity contribution in [2.45, 2.75) is 37.6 Å². The zero-order chi connectivity index (χ0) is 14.2. The molecule has 2 aromatic rings. The number of carbonyl (C=O) groups is 1. The van der Waals surface area contributed by atoms with E-state index in [9.17, 15) is 4.79 Å². The fraction of sp³-hybridized carbons (Fsp3) is 0.438. The van der Waals surface area contributed by atoms with Gasteiger partial charge in [-0.25, -0.2) is 0 Å². The number of rotatable bonds is 4. The molecular weight excluding hydrogens is 266 g/mol. The van der Waals surface area contributed by atoms with Crippen molar-refractivity contribution in [3.05, 3.63) is 47.6 Å². The molecular formula is C16H17N3O2. The van der Waals surface area contributed by atoms with Crippen LogP contribution < -0.4 is 0 Å². The van der Waals surface area contributed by atoms with Crippen LogP contribution in [-0.2, 0) is 11.3 Å². The van der Waals surface area contributed by atoms with Crippen LogP contribution in [-0.4, -0.2) is 27.5 Å². The van der Waals surface area contributed by atoms with Gasteiger partial charge in [-0.15, -0.1) is 0 Å². The minimum absolute atomic E-state index is 0.0428. The van der Waals surface area contributed by atoms with Crippen molar-refractivity contribution in [3.8, 4) is 0 Å². The first kappa shape index (κ1) is 12.6. The summed E-state index contributed by atoms with van der Waals surface area (Å²) in [7, 11) is 0. The molecule has 2 fully saturated rings. The summed E-state index contributed by atoms with van der Waals surface area (Å²) in [6.45, 7) is 1.32. The number of hydrogen-bond acceptors (Lipinski definition) is 4. The molecule has 21 heavy (non-hydrogen) atoms. The standard InChI is InChI=1S/C16H17N3O2/c20-14-8-13(16-17-15(18-21-16)12-6-7-12)10-19(14)9-11-4-2-1-3-5-11/h1-5,12-13H,6-10H2/t13-/m0/s1. The Hall–Kier alpha value is -2.17. The normalized spacial score (nSPS) is 22.0. The topological polar surface area (TPSA) is 59.2 Å². The van der Waals surface area contributed by atoms with E-state index in [2.05, 4.69) is 10.1 Å². The van der Waals surface area contributed by atoms with Gasteiger partial charge in [0.2, 0.25) is 11.8 Å². The van der Waals surface area contributed by atoms with E-state index in [-0.39, 0.29) is 11.8 Å². The predicted octanol–water partition coefficient (Wildman–Crippen LogP) is 2.46. The van der Waals surface area contributed by atoms with E-state index < -0.39 is 0 Å². The van der Waals surface area contributed by atoms with Crippen molar-refractivity contribution in [2.24, 2.45) is 0 Å². The lowest BCUT2D eigenvalue weighted by Gasteiger charge is -2.15. The second-order valence-electron chi connectivity index (χ2n) is 5.93. The summed E-state index contributed by atoms with van der Waals surface area (Å²) in [5.74, 6) is 2.14. The van der Waals surface area contributed by atoms with Gasteiger partial charge in [0.15, 0.2) is 5.82 Å². The largest absolute Gasteiger partial charge is 0.339 e. The second kappa shape index (κ2) is 4.98. The van der Waals surface area contributed by atoms with Gasteiger partial charge in [0.1, 0.15) is 0 Å². The number of aromatic nitrogens is 2. The highest BCUT2D eigenvalue weighted by atomic mass is 16.5. The molecule has 5 heteroatoms. The van der Waals surface area contributed by atoms with Crippen molar-refractivity contribution in [2.75, 3.05) is 6.54 Å². The number of carbonyl (C=O) groups excluding carboxylic acids is 1. The van der Waals surface area contributed by atoms with Crippen molar-refractivity contribution < 1.29 is 9.32 Å². The lowest BCUT2D eigenvalue weighted by Crippen LogP contribution is -2.24. The Labute approximate surface area is 123 Å². The zero-order valence-corrected chi connectivity index (χ0v) is 11.7. The van der Waals surface area contributed by atoms with Gasteiger partial charge in [0.25, 0.3) is 0 Å². The molecule has 0 spiro atoms. The summed E-state index contributed by atoms with van der Waals surface area (Å²) in [5.41, 5.74) is 1.15. The van der Waals surface area contributed by atoms with E-state index in [0.29, 0.717) is 31.3 Å². The summed E-state index contributed by atoms with van der Waals surface area (Å²) in [4.78, 5) is 18.5. The van der Waals surface area contributed by atoms with Crippen molar-refractivity contribution in [3.63, 3.8) is 0 Å². The molecule has 1 amide bonds. The Morgan fingerprint density at radius 3 is 2.76 bits per heavy atom. The summed E-state index contributed by atoms with van der Waals surface area (Å²) in [6, 6.07) is 10.0. The van der Waals surface area contributed by atoms with Crippen LogP contribution in [0.1, 0.15) is 48.4 Å². The third-order valence-corrected chi connectivity index (χ3v) is 4.18. The van der Waals surface area contributed by atoms with Crippen LogP contribution in [0, 0.1) is 0 Å². The van der Waals surface area contributed by atoms with Crippen LogP contribution in [0.3, 0.4) is 0 Å². The minimum atomic E-state index is 0.0428. The third-order valence-electron chi connectivity index (χ3n) is 4.18. The van der Waals surface area contributed by atoms with E-state index in [1.54, 1.807) is 0 Å². The van der Waals surface area contributed by atoms with E-state index in [4.69, 9.17) is 4.52 Å². The molecule has 2 heterocycles. The van der Waals surface area contributed by atoms with Crippen LogP contribution in [0.15, 0.2) is 34.9 Å². The molecule has 1 aliphatic carbocycles. The molecule has 4 rings (SSSR count). The maximum Gasteiger partial charge on any atom is 0.232 e. The molecule has 108 valence electrons. The summed E-state index contributed by atoms with van der Waals surface area (Å²) >= 11 is 0. The maximum absolute atomic E-state index is 12.2. The highest BCUT2D eigenvalue weighted by molar-refractivity contribution is 5.79. The van der Waals surface area contributed by atoms with Gasteiger partial charge >= 0.3 is 0 Å². The average molecular weight is 283 g/mol. The molecule has 1 aromatic heterocycles. The Morgan fingerprint density at radius 2 is 2.00 bits per heavy atom. The highest BCUT2D eigenvalue weighted by Crippen LogP contribution is 2.39. The van der Waals surface area contributed by atoms with Crippen molar-refractivity contribution in [1.29, 1.82) is 0 Å². The van der Waals surface area contributed by atoms with Crippen LogP contribution >= 0.6 is 0 Å². The molecule has 0 unspecified atom stereocenters. The molecule has 1 aliphatic heterocycles. The van der Waals surface area contributed by atoms with E-state index >= 15 is 0 Å². The summed E-state index contributed by atoms with van der Waals surface area (Å²) in [6.07, 6.45) is 2.78. The molecule has 1 saturated heterocycles. The molecule has 1 saturated carbocycles. The zero-order valence-electron chi connectivity index (χ0n) is 11.7. The smallest absolute Gasteiger partial charge is 0.232 e. The van der Waals surface area contributed by atoms with E-state index in [1.807, 2.05) is 35.2 Å². The molecule has 0 bridgehead atoms. The Kier molecular flexibility index (Phi) is 2.98. The highest BCUT2D eigenvalue weighted by Gasteiger charge is 2.36. The fourth-order valence-corrected chi connectivity index (χ4v) is 2.81. The summed E-state index contributed by atoms with van der Waals surface area (Å²) < 4.78 is 5.36. The lowest BCUT2D eigenvalue weighted by molar-refractivity contribution is -0.128. The average Bonchev–Trinajstić information content (AvgIpc) is 3.12. The number of amides is 1. The fourth-order valence-electron chi connectivity index (χ4n) is 2.81. The van der Waals surface area contributed by atoms with E-state index in [1.165, 1.54) is 0 Å². The monoisotopic (exact) mass is 283 g/mol. The van der Waals surface area contributed by atoms with Crippen molar-refractivity contribution >= 4 is 5.91 Å². The predicted molar refractivity (Wildman–Crippen MR) is 75.5 cm³/mol. The molecule has 1 atom stereocenters. The van der Waals surface area contributed by atoms with Gasteiger partial charge in [0.05, 0.1) is 5.92 Å². The first-order valence-electron chi connectivity index (χ1n) is 7.45. The van der Waals surface area contributed by atoms with Gasteiger partial charge in [-0.3, -0.25) is 4.79 Å². The van der Waals surface area contributed by atoms with Crippen LogP contribution in [0.2, 0.25) is 0 Å². The number of benzene rings is 1. The van der Waals surface area contributed by atoms with Gasteiger partial charge in [-0.05, 0) is 18.4 Å². The first-order valence-corrected chi connectivity index (χ1v) is 7.45. The number of nitrogens with zero attached hydrogens (tertiary/aromatic N) is 3. The minimum Gasteiger partial charge on any atom is -0.339 e. The quantitative estimate of drug-likeness (QED) is 0.865. The lowest BCUT2D eigenvalue weighted by atomic mass is 10.1. The van der Waals surface area contributed by atoms with Gasteiger partial charge in [-0.1, -0.05) is 35.5 Å². The van der Waals surface area contributed by atoms with Crippen LogP contribution in [0.25, 0.3) is 0 Å². The maximum atomic E-state index is 12.2. The molecule has 0 radical (unpaired) electrons. The number of hydrogen-bond donors (Lipinski definition) is 0.